The predicted octanol–water partition coefficient (Wildman–Crippen LogP) is 4.79. The Bertz CT molecular complexity index is 837. The molecule has 0 saturated heterocycles. The Kier molecular flexibility index (Phi) is 7.13. The second-order valence-electron chi connectivity index (χ2n) is 7.64. The maximum Gasteiger partial charge on any atom is 0.336 e. The summed E-state index contributed by atoms with van der Waals surface area (Å²) >= 11 is 0. The molecule has 5 heteroatoms. The Morgan fingerprint density at radius 3 is 2.69 bits per heavy atom. The molecule has 1 aliphatic heterocycles. The van der Waals surface area contributed by atoms with E-state index in [1.807, 2.05) is 31.2 Å². The number of carbonyl (C=O) groups excluding carboxylic acids is 2. The van der Waals surface area contributed by atoms with Gasteiger partial charge in [0.25, 0.3) is 0 Å². The van der Waals surface area contributed by atoms with Gasteiger partial charge in [0.05, 0.1) is 24.7 Å². The van der Waals surface area contributed by atoms with E-state index in [9.17, 15) is 9.59 Å². The van der Waals surface area contributed by atoms with Crippen molar-refractivity contribution in [3.8, 4) is 5.75 Å². The van der Waals surface area contributed by atoms with E-state index in [4.69, 9.17) is 9.47 Å². The van der Waals surface area contributed by atoms with E-state index >= 15 is 0 Å². The van der Waals surface area contributed by atoms with Crippen LogP contribution in [0.1, 0.15) is 70.8 Å². The zero-order valence-electron chi connectivity index (χ0n) is 17.7. The average molecular weight is 398 g/mol. The molecule has 1 N–H and O–H groups in total. The quantitative estimate of drug-likeness (QED) is 0.505. The van der Waals surface area contributed by atoms with Crippen LogP contribution in [0.3, 0.4) is 0 Å². The molecule has 0 aromatic heterocycles. The van der Waals surface area contributed by atoms with Crippen molar-refractivity contribution in [2.45, 2.75) is 65.2 Å². The third kappa shape index (κ3) is 4.55. The SMILES string of the molecule is CCCCOC(=O)C1=C(C)NC2=C(C(=O)CCC2)[C@H]1c1ccccc1OCCC. The molecule has 5 nitrogen and oxygen atoms in total. The fourth-order valence-corrected chi connectivity index (χ4v) is 4.01. The van der Waals surface area contributed by atoms with Crippen molar-refractivity contribution in [3.63, 3.8) is 0 Å². The first kappa shape index (κ1) is 21.2. The van der Waals surface area contributed by atoms with Crippen LogP contribution in [0, 0.1) is 0 Å². The molecule has 0 saturated carbocycles. The Labute approximate surface area is 173 Å². The molecule has 1 aromatic rings. The maximum absolute atomic E-state index is 13.1. The average Bonchev–Trinajstić information content (AvgIpc) is 2.71. The number of nitrogens with one attached hydrogen (secondary N) is 1. The van der Waals surface area contributed by atoms with Gasteiger partial charge in [0.1, 0.15) is 5.75 Å². The third-order valence-electron chi connectivity index (χ3n) is 5.42. The minimum atomic E-state index is -0.457. The second-order valence-corrected chi connectivity index (χ2v) is 7.64. The maximum atomic E-state index is 13.1. The van der Waals surface area contributed by atoms with Crippen molar-refractivity contribution >= 4 is 11.8 Å². The van der Waals surface area contributed by atoms with Gasteiger partial charge >= 0.3 is 5.97 Å². The standard InChI is InChI=1S/C24H31NO4/c1-4-6-15-29-24(27)21-16(3)25-18-11-9-12-19(26)23(18)22(21)17-10-7-8-13-20(17)28-14-5-2/h7-8,10,13,22,25H,4-6,9,11-12,14-15H2,1-3H3/t22-/m0/s1. The number of carbonyl (C=O) groups is 2. The highest BCUT2D eigenvalue weighted by atomic mass is 16.5. The monoisotopic (exact) mass is 397 g/mol. The molecule has 0 amide bonds. The summed E-state index contributed by atoms with van der Waals surface area (Å²) in [6.45, 7) is 6.97. The summed E-state index contributed by atoms with van der Waals surface area (Å²) in [5.41, 5.74) is 3.75. The molecule has 1 heterocycles. The first-order valence-electron chi connectivity index (χ1n) is 10.7. The summed E-state index contributed by atoms with van der Waals surface area (Å²) in [4.78, 5) is 26.0. The highest BCUT2D eigenvalue weighted by Gasteiger charge is 2.40. The summed E-state index contributed by atoms with van der Waals surface area (Å²) in [6, 6.07) is 7.72. The number of hydrogen-bond donors (Lipinski definition) is 1. The lowest BCUT2D eigenvalue weighted by atomic mass is 9.75. The fraction of sp³-hybridized carbons (Fsp3) is 0.500. The van der Waals surface area contributed by atoms with Crippen LogP contribution < -0.4 is 10.1 Å². The molecule has 3 rings (SSSR count). The molecule has 1 aromatic carbocycles. The minimum Gasteiger partial charge on any atom is -0.493 e. The summed E-state index contributed by atoms with van der Waals surface area (Å²) in [7, 11) is 0. The molecule has 156 valence electrons. The van der Waals surface area contributed by atoms with Gasteiger partial charge in [-0.3, -0.25) is 4.79 Å². The molecule has 29 heavy (non-hydrogen) atoms. The lowest BCUT2D eigenvalue weighted by Crippen LogP contribution is -2.34. The van der Waals surface area contributed by atoms with Gasteiger partial charge in [0, 0.05) is 29.0 Å². The second kappa shape index (κ2) is 9.77. The normalized spacial score (nSPS) is 19.0. The molecule has 1 aliphatic carbocycles. The number of Topliss-reactive ketones (excluding diaryl/α,β-unsaturated/α-hetero) is 1. The van der Waals surface area contributed by atoms with Crippen LogP contribution in [0.2, 0.25) is 0 Å². The molecule has 0 fully saturated rings. The van der Waals surface area contributed by atoms with E-state index in [0.717, 1.165) is 54.8 Å². The van der Waals surface area contributed by atoms with Crippen LogP contribution in [-0.4, -0.2) is 25.0 Å². The molecular weight excluding hydrogens is 366 g/mol. The van der Waals surface area contributed by atoms with Crippen LogP contribution in [-0.2, 0) is 14.3 Å². The third-order valence-corrected chi connectivity index (χ3v) is 5.42. The van der Waals surface area contributed by atoms with E-state index in [2.05, 4.69) is 19.2 Å². The first-order valence-corrected chi connectivity index (χ1v) is 10.7. The van der Waals surface area contributed by atoms with Gasteiger partial charge in [-0.25, -0.2) is 4.79 Å². The number of ether oxygens (including phenoxy) is 2. The number of benzene rings is 1. The van der Waals surface area contributed by atoms with Gasteiger partial charge in [-0.1, -0.05) is 38.5 Å². The molecule has 2 aliphatic rings. The lowest BCUT2D eigenvalue weighted by Gasteiger charge is -2.34. The highest BCUT2D eigenvalue weighted by molar-refractivity contribution is 6.04. The zero-order chi connectivity index (χ0) is 20.8. The number of hydrogen-bond acceptors (Lipinski definition) is 5. The van der Waals surface area contributed by atoms with Gasteiger partial charge in [0.15, 0.2) is 5.78 Å². The van der Waals surface area contributed by atoms with E-state index < -0.39 is 5.92 Å². The van der Waals surface area contributed by atoms with Gasteiger partial charge in [0.2, 0.25) is 0 Å². The van der Waals surface area contributed by atoms with Gasteiger partial charge in [-0.2, -0.15) is 0 Å². The van der Waals surface area contributed by atoms with Crippen LogP contribution in [0.25, 0.3) is 0 Å². The Balaban J connectivity index is 2.08. The van der Waals surface area contributed by atoms with Crippen molar-refractivity contribution in [2.24, 2.45) is 0 Å². The van der Waals surface area contributed by atoms with Crippen molar-refractivity contribution in [3.05, 3.63) is 52.4 Å². The van der Waals surface area contributed by atoms with E-state index in [0.29, 0.717) is 30.8 Å². The molecule has 0 bridgehead atoms. The minimum absolute atomic E-state index is 0.0976. The fourth-order valence-electron chi connectivity index (χ4n) is 4.01. The first-order chi connectivity index (χ1) is 14.1. The molecule has 1 atom stereocenters. The molecular formula is C24H31NO4. The Hall–Kier alpha value is -2.56. The number of esters is 1. The number of dihydropyridines is 1. The number of unbranched alkanes of at least 4 members (excludes halogenated alkanes) is 1. The van der Waals surface area contributed by atoms with Crippen LogP contribution in [0.5, 0.6) is 5.75 Å². The number of ketones is 1. The van der Waals surface area contributed by atoms with Gasteiger partial charge < -0.3 is 14.8 Å². The number of rotatable bonds is 8. The Morgan fingerprint density at radius 2 is 1.93 bits per heavy atom. The Morgan fingerprint density at radius 1 is 1.14 bits per heavy atom. The predicted molar refractivity (Wildman–Crippen MR) is 113 cm³/mol. The van der Waals surface area contributed by atoms with Crippen molar-refractivity contribution in [1.29, 1.82) is 0 Å². The number of para-hydroxylation sites is 1. The largest absolute Gasteiger partial charge is 0.493 e. The smallest absolute Gasteiger partial charge is 0.336 e. The summed E-state index contributed by atoms with van der Waals surface area (Å²) in [5.74, 6) is 0.00318. The highest BCUT2D eigenvalue weighted by Crippen LogP contribution is 2.45. The molecule has 0 unspecified atom stereocenters. The topological polar surface area (TPSA) is 64.6 Å². The van der Waals surface area contributed by atoms with E-state index in [-0.39, 0.29) is 11.8 Å². The summed E-state index contributed by atoms with van der Waals surface area (Å²) in [5, 5.41) is 3.33. The summed E-state index contributed by atoms with van der Waals surface area (Å²) < 4.78 is 11.6. The zero-order valence-corrected chi connectivity index (χ0v) is 17.7. The molecule has 0 radical (unpaired) electrons. The van der Waals surface area contributed by atoms with E-state index in [1.165, 1.54) is 0 Å². The van der Waals surface area contributed by atoms with Crippen LogP contribution in [0.15, 0.2) is 46.8 Å². The lowest BCUT2D eigenvalue weighted by molar-refractivity contribution is -0.139. The van der Waals surface area contributed by atoms with Gasteiger partial charge in [-0.15, -0.1) is 0 Å². The van der Waals surface area contributed by atoms with Crippen molar-refractivity contribution < 1.29 is 19.1 Å². The van der Waals surface area contributed by atoms with Crippen molar-refractivity contribution in [1.82, 2.24) is 5.32 Å². The van der Waals surface area contributed by atoms with Crippen LogP contribution >= 0.6 is 0 Å². The summed E-state index contributed by atoms with van der Waals surface area (Å²) in [6.07, 6.45) is 4.80. The van der Waals surface area contributed by atoms with Gasteiger partial charge in [-0.05, 0) is 38.7 Å². The number of allylic oxidation sites excluding steroid dienone is 3. The molecule has 0 spiro atoms. The van der Waals surface area contributed by atoms with Crippen molar-refractivity contribution in [2.75, 3.05) is 13.2 Å². The van der Waals surface area contributed by atoms with Crippen LogP contribution in [0.4, 0.5) is 0 Å². The van der Waals surface area contributed by atoms with E-state index in [1.54, 1.807) is 0 Å².